The Balaban J connectivity index is -0.0000000257. The predicted octanol–water partition coefficient (Wildman–Crippen LogP) is -2.74. The van der Waals surface area contributed by atoms with Gasteiger partial charge in [-0.2, -0.15) is 0 Å². The summed E-state index contributed by atoms with van der Waals surface area (Å²) in [4.78, 5) is 0. The van der Waals surface area contributed by atoms with Crippen LogP contribution in [0.3, 0.4) is 0 Å². The minimum atomic E-state index is -1.17. The van der Waals surface area contributed by atoms with Gasteiger partial charge in [0.1, 0.15) is 25.2 Å². The van der Waals surface area contributed by atoms with Crippen molar-refractivity contribution >= 4 is 0 Å². The van der Waals surface area contributed by atoms with E-state index < -0.39 is 25.2 Å². The van der Waals surface area contributed by atoms with Crippen LogP contribution in [-0.2, 0) is 42.1 Å². The summed E-state index contributed by atoms with van der Waals surface area (Å²) in [5.74, 6) is 0. The minimum absolute atomic E-state index is 0. The Hall–Kier alpha value is 1.06. The van der Waals surface area contributed by atoms with E-state index >= 15 is 0 Å². The number of hydrogen-bond acceptors (Lipinski definition) is 8. The summed E-state index contributed by atoms with van der Waals surface area (Å²) in [6.45, 7) is 5.11. The third-order valence-corrected chi connectivity index (χ3v) is 0. The molecule has 116 valence electrons. The van der Waals surface area contributed by atoms with Crippen LogP contribution in [0.15, 0.2) is 0 Å². The van der Waals surface area contributed by atoms with Crippen LogP contribution in [0, 0.1) is 0 Å². The van der Waals surface area contributed by atoms with Gasteiger partial charge in [-0.1, -0.05) is 0 Å². The maximum Gasteiger partial charge on any atom is 0.148 e. The van der Waals surface area contributed by atoms with Crippen LogP contribution < -0.4 is 0 Å². The van der Waals surface area contributed by atoms with E-state index in [1.165, 1.54) is 27.7 Å². The molecule has 0 spiro atoms. The zero-order chi connectivity index (χ0) is 14.3. The minimum Gasteiger partial charge on any atom is -0.368 e. The molecule has 0 unspecified atom stereocenters. The van der Waals surface area contributed by atoms with Gasteiger partial charge in [-0.05, 0) is 27.7 Å². The largest absolute Gasteiger partial charge is 0.368 e. The van der Waals surface area contributed by atoms with Gasteiger partial charge in [0.25, 0.3) is 0 Å². The number of hydrogen-bond donors (Lipinski definition) is 8. The van der Waals surface area contributed by atoms with Crippen LogP contribution in [0.2, 0.25) is 0 Å². The summed E-state index contributed by atoms with van der Waals surface area (Å²) in [6.07, 6.45) is -4.67. The third-order valence-electron chi connectivity index (χ3n) is 0. The third kappa shape index (κ3) is 3940. The van der Waals surface area contributed by atoms with Gasteiger partial charge < -0.3 is 40.9 Å². The van der Waals surface area contributed by atoms with Crippen LogP contribution in [0.5, 0.6) is 0 Å². The molecule has 18 heavy (non-hydrogen) atoms. The molecule has 0 bridgehead atoms. The van der Waals surface area contributed by atoms with E-state index in [9.17, 15) is 0 Å². The first-order valence-electron chi connectivity index (χ1n) is 4.37. The molecule has 0 atom stereocenters. The van der Waals surface area contributed by atoms with Gasteiger partial charge in [-0.15, -0.1) is 0 Å². The molecular formula is C8H24Mo2O8. The second-order valence-electron chi connectivity index (χ2n) is 2.53. The Morgan fingerprint density at radius 2 is 0.389 bits per heavy atom. The van der Waals surface area contributed by atoms with E-state index in [1.807, 2.05) is 0 Å². The smallest absolute Gasteiger partial charge is 0.148 e. The first-order chi connectivity index (χ1) is 6.93. The van der Waals surface area contributed by atoms with Crippen molar-refractivity contribution in [3.8, 4) is 0 Å². The summed E-state index contributed by atoms with van der Waals surface area (Å²) in [6, 6.07) is 0. The van der Waals surface area contributed by atoms with Gasteiger partial charge in [0.2, 0.25) is 0 Å². The van der Waals surface area contributed by atoms with Crippen molar-refractivity contribution in [1.82, 2.24) is 0 Å². The summed E-state index contributed by atoms with van der Waals surface area (Å²) in [5.41, 5.74) is 0. The van der Waals surface area contributed by atoms with Crippen LogP contribution in [-0.4, -0.2) is 66.0 Å². The zero-order valence-electron chi connectivity index (χ0n) is 10.7. The molecule has 0 heterocycles. The fourth-order valence-corrected chi connectivity index (χ4v) is 0. The molecule has 8 nitrogen and oxygen atoms in total. The van der Waals surface area contributed by atoms with Crippen molar-refractivity contribution in [3.63, 3.8) is 0 Å². The Labute approximate surface area is 135 Å². The molecule has 0 aliphatic rings. The maximum absolute atomic E-state index is 7.61. The van der Waals surface area contributed by atoms with E-state index in [2.05, 4.69) is 0 Å². The second kappa shape index (κ2) is 30.8. The van der Waals surface area contributed by atoms with Crippen LogP contribution in [0.4, 0.5) is 0 Å². The molecule has 0 aliphatic carbocycles. The van der Waals surface area contributed by atoms with E-state index in [-0.39, 0.29) is 42.1 Å². The molecular weight excluding hydrogens is 416 g/mol. The Morgan fingerprint density at radius 1 is 0.389 bits per heavy atom. The van der Waals surface area contributed by atoms with Gasteiger partial charge in [0, 0.05) is 42.1 Å². The van der Waals surface area contributed by atoms with E-state index in [0.29, 0.717) is 0 Å². The maximum atomic E-state index is 7.61. The van der Waals surface area contributed by atoms with E-state index in [0.717, 1.165) is 0 Å². The fourth-order valence-electron chi connectivity index (χ4n) is 0. The van der Waals surface area contributed by atoms with Gasteiger partial charge >= 0.3 is 0 Å². The van der Waals surface area contributed by atoms with E-state index in [1.54, 1.807) is 0 Å². The van der Waals surface area contributed by atoms with Gasteiger partial charge in [0.15, 0.2) is 0 Å². The fraction of sp³-hybridized carbons (Fsp3) is 1.00. The number of aliphatic hydroxyl groups is 8. The monoisotopic (exact) mass is 444 g/mol. The SMILES string of the molecule is CC(O)O.CC(O)O.CC(O)O.CC(O)O.[Mo].[Mo]. The molecule has 10 heteroatoms. The quantitative estimate of drug-likeness (QED) is 0.149. The zero-order valence-corrected chi connectivity index (χ0v) is 14.7. The molecule has 0 saturated heterocycles. The Bertz CT molecular complexity index is 68.1. The van der Waals surface area contributed by atoms with Crippen LogP contribution in [0.25, 0.3) is 0 Å². The van der Waals surface area contributed by atoms with Crippen molar-refractivity contribution in [2.75, 3.05) is 0 Å². The molecule has 0 radical (unpaired) electrons. The van der Waals surface area contributed by atoms with Crippen LogP contribution in [0.1, 0.15) is 27.7 Å². The summed E-state index contributed by atoms with van der Waals surface area (Å²) in [5, 5.41) is 60.9. The first kappa shape index (κ1) is 36.4. The van der Waals surface area contributed by atoms with Crippen molar-refractivity contribution in [2.24, 2.45) is 0 Å². The number of rotatable bonds is 0. The Kier molecular flexibility index (Phi) is 62.4. The standard InChI is InChI=1S/4C2H6O2.2Mo/c4*1-2(3)4;;/h4*2-4H,1H3;;. The van der Waals surface area contributed by atoms with E-state index in [4.69, 9.17) is 40.9 Å². The molecule has 8 N–H and O–H groups in total. The van der Waals surface area contributed by atoms with Gasteiger partial charge in [0.05, 0.1) is 0 Å². The molecule has 0 aromatic heterocycles. The molecule has 0 rings (SSSR count). The average molecular weight is 440 g/mol. The molecule has 0 aromatic rings. The molecule has 0 amide bonds. The van der Waals surface area contributed by atoms with Crippen LogP contribution >= 0.6 is 0 Å². The van der Waals surface area contributed by atoms with Crippen molar-refractivity contribution < 1.29 is 83.0 Å². The predicted molar refractivity (Wildman–Crippen MR) is 55.6 cm³/mol. The Morgan fingerprint density at radius 3 is 0.389 bits per heavy atom. The van der Waals surface area contributed by atoms with Crippen molar-refractivity contribution in [2.45, 2.75) is 52.9 Å². The molecule has 0 saturated carbocycles. The topological polar surface area (TPSA) is 162 Å². The summed E-state index contributed by atoms with van der Waals surface area (Å²) < 4.78 is 0. The first-order valence-corrected chi connectivity index (χ1v) is 4.37. The molecule has 0 fully saturated rings. The second-order valence-corrected chi connectivity index (χ2v) is 2.53. The molecule has 0 aliphatic heterocycles. The van der Waals surface area contributed by atoms with Gasteiger partial charge in [-0.25, -0.2) is 0 Å². The summed E-state index contributed by atoms with van der Waals surface area (Å²) >= 11 is 0. The van der Waals surface area contributed by atoms with Crippen molar-refractivity contribution in [1.29, 1.82) is 0 Å². The van der Waals surface area contributed by atoms with Gasteiger partial charge in [-0.3, -0.25) is 0 Å². The average Bonchev–Trinajstić information content (AvgIpc) is 1.76. The summed E-state index contributed by atoms with van der Waals surface area (Å²) in [7, 11) is 0. The number of aliphatic hydroxyl groups excluding tert-OH is 4. The van der Waals surface area contributed by atoms with Crippen molar-refractivity contribution in [3.05, 3.63) is 0 Å². The normalized spacial score (nSPS) is 8.00. The molecule has 0 aromatic carbocycles.